The Labute approximate surface area is 115 Å². The average Bonchev–Trinajstić information content (AvgIpc) is 2.65. The normalized spacial score (nSPS) is 20.1. The topological polar surface area (TPSA) is 17.0 Å². The number of nitrogens with one attached hydrogen (secondary N) is 1. The summed E-state index contributed by atoms with van der Waals surface area (Å²) in [6.45, 7) is 6.82. The van der Waals surface area contributed by atoms with E-state index in [-0.39, 0.29) is 0 Å². The maximum absolute atomic E-state index is 3.51. The lowest BCUT2D eigenvalue weighted by molar-refractivity contribution is 0.376. The number of fused-ring (bicyclic) bond motifs is 1. The van der Waals surface area contributed by atoms with Gasteiger partial charge in [-0.25, -0.2) is 0 Å². The van der Waals surface area contributed by atoms with Crippen molar-refractivity contribution >= 4 is 10.9 Å². The van der Waals surface area contributed by atoms with E-state index in [0.29, 0.717) is 0 Å². The number of rotatable bonds is 2. The fraction of sp³-hybridized carbons (Fsp3) is 0.529. The lowest BCUT2D eigenvalue weighted by Crippen LogP contribution is -2.30. The van der Waals surface area contributed by atoms with E-state index in [1.54, 1.807) is 0 Å². The minimum Gasteiger partial charge on any atom is -0.348 e. The zero-order valence-corrected chi connectivity index (χ0v) is 12.3. The lowest BCUT2D eigenvalue weighted by atomic mass is 9.92. The summed E-state index contributed by atoms with van der Waals surface area (Å²) in [4.78, 5) is 0. The molecule has 2 aromatic rings. The van der Waals surface area contributed by atoms with Crippen molar-refractivity contribution in [1.82, 2.24) is 9.88 Å². The highest BCUT2D eigenvalue weighted by Gasteiger charge is 2.14. The number of benzene rings is 1. The van der Waals surface area contributed by atoms with Gasteiger partial charge in [-0.2, -0.15) is 0 Å². The van der Waals surface area contributed by atoms with Crippen LogP contribution in [0.3, 0.4) is 0 Å². The predicted molar refractivity (Wildman–Crippen MR) is 81.7 cm³/mol. The van der Waals surface area contributed by atoms with E-state index in [9.17, 15) is 0 Å². The first-order chi connectivity index (χ1) is 9.16. The summed E-state index contributed by atoms with van der Waals surface area (Å²) in [7, 11) is 2.18. The second-order valence-electron chi connectivity index (χ2n) is 6.04. The molecule has 1 aliphatic rings. The summed E-state index contributed by atoms with van der Waals surface area (Å²) >= 11 is 0. The highest BCUT2D eigenvalue weighted by atomic mass is 14.9. The standard InChI is InChI=1S/C17H24N2/c1-12-13(2)19(3)17-10-14(6-7-16(12)17)9-15-5-4-8-18-11-15/h6-7,10,15,18H,4-5,8-9,11H2,1-3H3. The second kappa shape index (κ2) is 5.01. The van der Waals surface area contributed by atoms with E-state index < -0.39 is 0 Å². The van der Waals surface area contributed by atoms with Crippen LogP contribution in [-0.2, 0) is 13.5 Å². The molecule has 1 aromatic heterocycles. The SMILES string of the molecule is Cc1c(C)n(C)c2cc(CC3CCCNC3)ccc12. The van der Waals surface area contributed by atoms with Crippen LogP contribution in [0.2, 0.25) is 0 Å². The van der Waals surface area contributed by atoms with Gasteiger partial charge in [0.15, 0.2) is 0 Å². The van der Waals surface area contributed by atoms with Crippen molar-refractivity contribution in [3.63, 3.8) is 0 Å². The van der Waals surface area contributed by atoms with Crippen LogP contribution in [0.25, 0.3) is 10.9 Å². The van der Waals surface area contributed by atoms with Gasteiger partial charge < -0.3 is 9.88 Å². The summed E-state index contributed by atoms with van der Waals surface area (Å²) < 4.78 is 2.33. The third kappa shape index (κ3) is 2.30. The van der Waals surface area contributed by atoms with Gasteiger partial charge >= 0.3 is 0 Å². The smallest absolute Gasteiger partial charge is 0.0485 e. The van der Waals surface area contributed by atoms with Gasteiger partial charge in [-0.15, -0.1) is 0 Å². The van der Waals surface area contributed by atoms with Crippen LogP contribution >= 0.6 is 0 Å². The molecule has 0 bridgehead atoms. The molecule has 1 fully saturated rings. The molecule has 0 amide bonds. The van der Waals surface area contributed by atoms with E-state index in [1.807, 2.05) is 0 Å². The van der Waals surface area contributed by atoms with Crippen molar-refractivity contribution in [2.24, 2.45) is 13.0 Å². The van der Waals surface area contributed by atoms with Crippen LogP contribution in [0.15, 0.2) is 18.2 Å². The number of hydrogen-bond donors (Lipinski definition) is 1. The van der Waals surface area contributed by atoms with E-state index in [2.05, 4.69) is 49.0 Å². The third-order valence-electron chi connectivity index (χ3n) is 4.80. The maximum Gasteiger partial charge on any atom is 0.0485 e. The molecule has 1 atom stereocenters. The first-order valence-corrected chi connectivity index (χ1v) is 7.42. The molecule has 3 rings (SSSR count). The summed E-state index contributed by atoms with van der Waals surface area (Å²) in [5.41, 5.74) is 5.67. The Hall–Kier alpha value is -1.28. The van der Waals surface area contributed by atoms with Crippen molar-refractivity contribution in [3.8, 4) is 0 Å². The Morgan fingerprint density at radius 1 is 1.32 bits per heavy atom. The number of hydrogen-bond acceptors (Lipinski definition) is 1. The van der Waals surface area contributed by atoms with Gasteiger partial charge in [0, 0.05) is 23.6 Å². The van der Waals surface area contributed by atoms with Crippen molar-refractivity contribution in [3.05, 3.63) is 35.0 Å². The zero-order valence-electron chi connectivity index (χ0n) is 12.3. The number of piperidine rings is 1. The second-order valence-corrected chi connectivity index (χ2v) is 6.04. The highest BCUT2D eigenvalue weighted by Crippen LogP contribution is 2.26. The van der Waals surface area contributed by atoms with Gasteiger partial charge in [-0.05, 0) is 69.3 Å². The van der Waals surface area contributed by atoms with Gasteiger partial charge in [0.2, 0.25) is 0 Å². The monoisotopic (exact) mass is 256 g/mol. The lowest BCUT2D eigenvalue weighted by Gasteiger charge is -2.22. The van der Waals surface area contributed by atoms with Crippen LogP contribution in [0, 0.1) is 19.8 Å². The third-order valence-corrected chi connectivity index (χ3v) is 4.80. The Kier molecular flexibility index (Phi) is 3.36. The molecule has 1 N–H and O–H groups in total. The van der Waals surface area contributed by atoms with Gasteiger partial charge in [0.25, 0.3) is 0 Å². The first kappa shape index (κ1) is 12.7. The van der Waals surface area contributed by atoms with Gasteiger partial charge in [-0.3, -0.25) is 0 Å². The van der Waals surface area contributed by atoms with Crippen LogP contribution in [0.4, 0.5) is 0 Å². The zero-order chi connectivity index (χ0) is 13.4. The maximum atomic E-state index is 3.51. The van der Waals surface area contributed by atoms with Crippen molar-refractivity contribution in [2.75, 3.05) is 13.1 Å². The van der Waals surface area contributed by atoms with Crippen molar-refractivity contribution in [1.29, 1.82) is 0 Å². The Morgan fingerprint density at radius 2 is 2.16 bits per heavy atom. The fourth-order valence-corrected chi connectivity index (χ4v) is 3.36. The number of aryl methyl sites for hydroxylation is 2. The van der Waals surface area contributed by atoms with Gasteiger partial charge in [0.1, 0.15) is 0 Å². The molecule has 1 aliphatic heterocycles. The molecule has 102 valence electrons. The fourth-order valence-electron chi connectivity index (χ4n) is 3.36. The van der Waals surface area contributed by atoms with Gasteiger partial charge in [0.05, 0.1) is 0 Å². The molecule has 1 unspecified atom stereocenters. The Balaban J connectivity index is 1.90. The summed E-state index contributed by atoms with van der Waals surface area (Å²) in [5.74, 6) is 0.814. The van der Waals surface area contributed by atoms with Gasteiger partial charge in [-0.1, -0.05) is 12.1 Å². The minimum atomic E-state index is 0.814. The van der Waals surface area contributed by atoms with Crippen LogP contribution in [0.1, 0.15) is 29.7 Å². The number of aromatic nitrogens is 1. The summed E-state index contributed by atoms with van der Waals surface area (Å²) in [6, 6.07) is 7.02. The molecule has 0 saturated carbocycles. The first-order valence-electron chi connectivity index (χ1n) is 7.42. The Bertz CT molecular complexity index is 589. The summed E-state index contributed by atoms with van der Waals surface area (Å²) in [5, 5.41) is 4.92. The summed E-state index contributed by atoms with van der Waals surface area (Å²) in [6.07, 6.45) is 3.91. The quantitative estimate of drug-likeness (QED) is 0.872. The van der Waals surface area contributed by atoms with Crippen LogP contribution < -0.4 is 5.32 Å². The molecule has 19 heavy (non-hydrogen) atoms. The van der Waals surface area contributed by atoms with Crippen LogP contribution in [0.5, 0.6) is 0 Å². The molecule has 2 nitrogen and oxygen atoms in total. The van der Waals surface area contributed by atoms with E-state index >= 15 is 0 Å². The molecule has 1 saturated heterocycles. The molecule has 0 spiro atoms. The van der Waals surface area contributed by atoms with E-state index in [0.717, 1.165) is 5.92 Å². The number of nitrogens with zero attached hydrogens (tertiary/aromatic N) is 1. The minimum absolute atomic E-state index is 0.814. The van der Waals surface area contributed by atoms with Crippen molar-refractivity contribution < 1.29 is 0 Å². The molecule has 1 aromatic carbocycles. The molecule has 2 heterocycles. The van der Waals surface area contributed by atoms with E-state index in [1.165, 1.54) is 60.1 Å². The van der Waals surface area contributed by atoms with Crippen LogP contribution in [-0.4, -0.2) is 17.7 Å². The molecular formula is C17H24N2. The molecule has 0 aliphatic carbocycles. The average molecular weight is 256 g/mol. The van der Waals surface area contributed by atoms with E-state index in [4.69, 9.17) is 0 Å². The molecular weight excluding hydrogens is 232 g/mol. The largest absolute Gasteiger partial charge is 0.348 e. The highest BCUT2D eigenvalue weighted by molar-refractivity contribution is 5.85. The van der Waals surface area contributed by atoms with Crippen molar-refractivity contribution in [2.45, 2.75) is 33.1 Å². The molecule has 0 radical (unpaired) electrons. The molecule has 2 heteroatoms. The predicted octanol–water partition coefficient (Wildman–Crippen LogP) is 3.34. The Morgan fingerprint density at radius 3 is 2.89 bits per heavy atom.